The van der Waals surface area contributed by atoms with Crippen LogP contribution in [-0.4, -0.2) is 57.7 Å². The molecule has 0 spiro atoms. The number of imide groups is 1. The zero-order valence-electron chi connectivity index (χ0n) is 20.4. The zero-order valence-corrected chi connectivity index (χ0v) is 20.4. The molecule has 1 aromatic heterocycles. The molecule has 4 amide bonds. The van der Waals surface area contributed by atoms with Gasteiger partial charge in [0.25, 0.3) is 0 Å². The highest BCUT2D eigenvalue weighted by Crippen LogP contribution is 2.35. The number of aliphatic imine (C=N–C) groups is 1. The molecule has 0 radical (unpaired) electrons. The van der Waals surface area contributed by atoms with Crippen LogP contribution in [0, 0.1) is 11.6 Å². The van der Waals surface area contributed by atoms with E-state index in [2.05, 4.69) is 26.3 Å². The first-order chi connectivity index (χ1) is 17.4. The van der Waals surface area contributed by atoms with Crippen molar-refractivity contribution in [1.29, 1.82) is 0 Å². The fraction of sp³-hybridized carbons (Fsp3) is 0.481. The number of likely N-dealkylation sites (tertiary alicyclic amines) is 1. The van der Waals surface area contributed by atoms with Gasteiger partial charge in [-0.15, -0.1) is 0 Å². The lowest BCUT2D eigenvalue weighted by Crippen LogP contribution is -2.51. The van der Waals surface area contributed by atoms with Crippen LogP contribution in [-0.2, 0) is 0 Å². The summed E-state index contributed by atoms with van der Waals surface area (Å²) in [6, 6.07) is 7.99. The lowest BCUT2D eigenvalue weighted by Gasteiger charge is -2.35. The largest absolute Gasteiger partial charge is 0.352 e. The highest BCUT2D eigenvalue weighted by atomic mass is 19.2. The molecular weight excluding hydrogens is 464 g/mol. The average Bonchev–Trinajstić information content (AvgIpc) is 3.34. The van der Waals surface area contributed by atoms with E-state index in [-0.39, 0.29) is 12.5 Å². The maximum Gasteiger partial charge on any atom is 0.352 e. The van der Waals surface area contributed by atoms with E-state index in [9.17, 15) is 18.4 Å². The summed E-state index contributed by atoms with van der Waals surface area (Å²) in [5, 5.41) is 3.00. The lowest BCUT2D eigenvalue weighted by atomic mass is 9.83. The number of pyridine rings is 1. The van der Waals surface area contributed by atoms with Gasteiger partial charge in [0.2, 0.25) is 0 Å². The van der Waals surface area contributed by atoms with Crippen LogP contribution in [0.25, 0.3) is 0 Å². The van der Waals surface area contributed by atoms with Crippen molar-refractivity contribution in [1.82, 2.24) is 20.1 Å². The van der Waals surface area contributed by atoms with Crippen LogP contribution in [0.3, 0.4) is 0 Å². The topological polar surface area (TPSA) is 77.9 Å². The van der Waals surface area contributed by atoms with Crippen molar-refractivity contribution in [2.45, 2.75) is 69.5 Å². The predicted octanol–water partition coefficient (Wildman–Crippen LogP) is 5.20. The molecule has 2 aliphatic heterocycles. The Balaban J connectivity index is 1.20. The fourth-order valence-electron chi connectivity index (χ4n) is 5.82. The van der Waals surface area contributed by atoms with Gasteiger partial charge in [0.05, 0.1) is 6.04 Å². The van der Waals surface area contributed by atoms with Crippen molar-refractivity contribution in [2.24, 2.45) is 4.99 Å². The van der Waals surface area contributed by atoms with Gasteiger partial charge in [0.1, 0.15) is 0 Å². The number of nitrogens with one attached hydrogen (secondary N) is 1. The molecule has 0 unspecified atom stereocenters. The molecule has 1 N–H and O–H groups in total. The minimum Gasteiger partial charge on any atom is -0.333 e. The number of benzene rings is 1. The van der Waals surface area contributed by atoms with Crippen molar-refractivity contribution >= 4 is 17.8 Å². The molecule has 9 heteroatoms. The molecular formula is C27H31F2N5O2. The summed E-state index contributed by atoms with van der Waals surface area (Å²) in [5.74, 6) is -1.48. The Labute approximate surface area is 209 Å². The number of aromatic nitrogens is 1. The minimum atomic E-state index is -1.01. The van der Waals surface area contributed by atoms with Crippen LogP contribution in [0.15, 0.2) is 47.6 Å². The Kier molecular flexibility index (Phi) is 7.09. The van der Waals surface area contributed by atoms with Crippen molar-refractivity contribution in [3.8, 4) is 0 Å². The zero-order chi connectivity index (χ0) is 25.2. The fourth-order valence-corrected chi connectivity index (χ4v) is 5.82. The van der Waals surface area contributed by atoms with Gasteiger partial charge >= 0.3 is 12.1 Å². The summed E-state index contributed by atoms with van der Waals surface area (Å²) in [4.78, 5) is 37.9. The molecule has 5 rings (SSSR count). The highest BCUT2D eigenvalue weighted by Gasteiger charge is 2.38. The molecule has 36 heavy (non-hydrogen) atoms. The number of carbonyl (C=O) groups is 2. The van der Waals surface area contributed by atoms with E-state index >= 15 is 0 Å². The van der Waals surface area contributed by atoms with Gasteiger partial charge in [0, 0.05) is 55.1 Å². The predicted molar refractivity (Wildman–Crippen MR) is 132 cm³/mol. The van der Waals surface area contributed by atoms with Crippen molar-refractivity contribution < 1.29 is 18.4 Å². The number of urea groups is 2. The first kappa shape index (κ1) is 24.5. The molecule has 1 aromatic carbocycles. The quantitative estimate of drug-likeness (QED) is 0.633. The number of hydrogen-bond acceptors (Lipinski definition) is 4. The Morgan fingerprint density at radius 1 is 1.06 bits per heavy atom. The number of halogens is 2. The molecule has 1 aliphatic carbocycles. The molecule has 3 aliphatic rings. The SMILES string of the molecule is CC1=NC(=O)N(C(=O)N[C@@H]2CCN(C3CCC(c4ccccn4)CC3)C2)[C@H](c2ccc(F)c(F)c2)C1. The van der Waals surface area contributed by atoms with E-state index in [4.69, 9.17) is 0 Å². The van der Waals surface area contributed by atoms with Crippen LogP contribution in [0.1, 0.15) is 68.7 Å². The molecule has 1 saturated carbocycles. The van der Waals surface area contributed by atoms with Crippen LogP contribution >= 0.6 is 0 Å². The Morgan fingerprint density at radius 3 is 2.58 bits per heavy atom. The van der Waals surface area contributed by atoms with E-state index in [0.29, 0.717) is 23.2 Å². The second-order valence-electron chi connectivity index (χ2n) is 10.1. The van der Waals surface area contributed by atoms with Crippen molar-refractivity contribution in [3.05, 3.63) is 65.5 Å². The number of rotatable bonds is 4. The Bertz CT molecular complexity index is 1150. The van der Waals surface area contributed by atoms with Gasteiger partial charge < -0.3 is 5.32 Å². The average molecular weight is 496 g/mol. The third kappa shape index (κ3) is 5.16. The van der Waals surface area contributed by atoms with Gasteiger partial charge in [-0.25, -0.2) is 28.3 Å². The van der Waals surface area contributed by atoms with Gasteiger partial charge in [0.15, 0.2) is 11.6 Å². The highest BCUT2D eigenvalue weighted by molar-refractivity contribution is 6.03. The minimum absolute atomic E-state index is 0.0866. The summed E-state index contributed by atoms with van der Waals surface area (Å²) in [5.41, 5.74) is 2.08. The molecule has 190 valence electrons. The maximum atomic E-state index is 13.9. The maximum absolute atomic E-state index is 13.9. The molecule has 0 bridgehead atoms. The molecule has 2 fully saturated rings. The normalized spacial score (nSPS) is 27.1. The Hall–Kier alpha value is -3.20. The molecule has 1 saturated heterocycles. The molecule has 2 aromatic rings. The summed E-state index contributed by atoms with van der Waals surface area (Å²) >= 11 is 0. The third-order valence-corrected chi connectivity index (χ3v) is 7.71. The number of carbonyl (C=O) groups excluding carboxylic acids is 2. The smallest absolute Gasteiger partial charge is 0.333 e. The number of amides is 4. The third-order valence-electron chi connectivity index (χ3n) is 7.71. The van der Waals surface area contributed by atoms with Gasteiger partial charge in [-0.1, -0.05) is 12.1 Å². The first-order valence-electron chi connectivity index (χ1n) is 12.7. The van der Waals surface area contributed by atoms with Gasteiger partial charge in [-0.2, -0.15) is 0 Å². The van der Waals surface area contributed by atoms with Crippen LogP contribution in [0.2, 0.25) is 0 Å². The van der Waals surface area contributed by atoms with E-state index in [1.165, 1.54) is 11.8 Å². The van der Waals surface area contributed by atoms with E-state index < -0.39 is 29.7 Å². The molecule has 7 nitrogen and oxygen atoms in total. The second-order valence-corrected chi connectivity index (χ2v) is 10.1. The number of nitrogens with zero attached hydrogens (tertiary/aromatic N) is 4. The summed E-state index contributed by atoms with van der Waals surface area (Å²) in [6.45, 7) is 3.31. The van der Waals surface area contributed by atoms with Crippen molar-refractivity contribution in [3.63, 3.8) is 0 Å². The van der Waals surface area contributed by atoms with E-state index in [1.54, 1.807) is 6.92 Å². The summed E-state index contributed by atoms with van der Waals surface area (Å²) < 4.78 is 27.4. The van der Waals surface area contributed by atoms with E-state index in [0.717, 1.165) is 62.2 Å². The molecule has 3 heterocycles. The van der Waals surface area contributed by atoms with Crippen molar-refractivity contribution in [2.75, 3.05) is 13.1 Å². The summed E-state index contributed by atoms with van der Waals surface area (Å²) in [6.07, 6.45) is 7.32. The van der Waals surface area contributed by atoms with Gasteiger partial charge in [-0.05, 0) is 68.9 Å². The lowest BCUT2D eigenvalue weighted by molar-refractivity contribution is 0.165. The van der Waals surface area contributed by atoms with Crippen LogP contribution in [0.4, 0.5) is 18.4 Å². The standard InChI is InChI=1S/C27H31F2N5O2/c1-17-14-25(19-7-10-22(28)23(29)15-19)34(26(35)31-17)27(36)32-20-11-13-33(16-20)21-8-5-18(6-9-21)24-4-2-3-12-30-24/h2-4,7,10,12,15,18,20-21,25H,5-6,8-9,11,13-14,16H2,1H3,(H,32,36)/t18?,20-,21?,25+/m1/s1. The van der Waals surface area contributed by atoms with Crippen LogP contribution in [0.5, 0.6) is 0 Å². The number of hydrogen-bond donors (Lipinski definition) is 1. The first-order valence-corrected chi connectivity index (χ1v) is 12.7. The van der Waals surface area contributed by atoms with E-state index in [1.807, 2.05) is 18.3 Å². The van der Waals surface area contributed by atoms with Gasteiger partial charge in [-0.3, -0.25) is 9.88 Å². The Morgan fingerprint density at radius 2 is 1.86 bits per heavy atom. The van der Waals surface area contributed by atoms with Crippen LogP contribution < -0.4 is 5.32 Å². The second kappa shape index (κ2) is 10.4. The summed E-state index contributed by atoms with van der Waals surface area (Å²) in [7, 11) is 0. The monoisotopic (exact) mass is 495 g/mol. The molecule has 2 atom stereocenters.